The van der Waals surface area contributed by atoms with Crippen LogP contribution < -0.4 is 0 Å². The maximum atomic E-state index is 9.58. The van der Waals surface area contributed by atoms with E-state index in [2.05, 4.69) is 26.0 Å². The molecule has 0 saturated heterocycles. The smallest absolute Gasteiger partial charge is 0.119 e. The third kappa shape index (κ3) is 1.17. The fourth-order valence-electron chi connectivity index (χ4n) is 1.80. The summed E-state index contributed by atoms with van der Waals surface area (Å²) < 4.78 is 0. The van der Waals surface area contributed by atoms with E-state index >= 15 is 0 Å². The summed E-state index contributed by atoms with van der Waals surface area (Å²) in [6.45, 7) is 6.18. The number of benzene rings is 2. The molecule has 2 rings (SSSR count). The van der Waals surface area contributed by atoms with Crippen LogP contribution in [0, 0.1) is 20.8 Å². The Balaban J connectivity index is 2.94. The molecule has 0 unspecified atom stereocenters. The van der Waals surface area contributed by atoms with E-state index in [0.717, 1.165) is 10.9 Å². The van der Waals surface area contributed by atoms with Crippen LogP contribution in [0.3, 0.4) is 0 Å². The third-order valence-corrected chi connectivity index (χ3v) is 2.98. The van der Waals surface area contributed by atoms with E-state index < -0.39 is 0 Å². The molecular formula is C13H14O. The maximum Gasteiger partial charge on any atom is 0.119 e. The van der Waals surface area contributed by atoms with Crippen LogP contribution in [0.1, 0.15) is 16.7 Å². The first-order valence-corrected chi connectivity index (χ1v) is 4.79. The van der Waals surface area contributed by atoms with E-state index in [9.17, 15) is 5.11 Å². The van der Waals surface area contributed by atoms with Crippen LogP contribution in [0.25, 0.3) is 10.8 Å². The lowest BCUT2D eigenvalue weighted by Gasteiger charge is -2.09. The van der Waals surface area contributed by atoms with Gasteiger partial charge in [-0.05, 0) is 54.3 Å². The highest BCUT2D eigenvalue weighted by Crippen LogP contribution is 2.29. The lowest BCUT2D eigenvalue weighted by Crippen LogP contribution is -1.86. The van der Waals surface area contributed by atoms with Gasteiger partial charge in [0.1, 0.15) is 5.75 Å². The van der Waals surface area contributed by atoms with Gasteiger partial charge in [-0.2, -0.15) is 0 Å². The Labute approximate surface area is 84.0 Å². The van der Waals surface area contributed by atoms with E-state index in [-0.39, 0.29) is 0 Å². The highest BCUT2D eigenvalue weighted by molar-refractivity contribution is 5.90. The van der Waals surface area contributed by atoms with Crippen molar-refractivity contribution in [2.24, 2.45) is 0 Å². The zero-order valence-corrected chi connectivity index (χ0v) is 8.76. The zero-order valence-electron chi connectivity index (χ0n) is 8.76. The molecule has 0 aliphatic rings. The monoisotopic (exact) mass is 186 g/mol. The Morgan fingerprint density at radius 2 is 1.36 bits per heavy atom. The van der Waals surface area contributed by atoms with Gasteiger partial charge in [0.15, 0.2) is 0 Å². The van der Waals surface area contributed by atoms with Crippen LogP contribution in [0.2, 0.25) is 0 Å². The first kappa shape index (κ1) is 9.07. The molecule has 0 aliphatic carbocycles. The van der Waals surface area contributed by atoms with Crippen LogP contribution >= 0.6 is 0 Å². The van der Waals surface area contributed by atoms with Gasteiger partial charge in [-0.1, -0.05) is 18.2 Å². The quantitative estimate of drug-likeness (QED) is 0.668. The van der Waals surface area contributed by atoms with Gasteiger partial charge in [-0.25, -0.2) is 0 Å². The van der Waals surface area contributed by atoms with Crippen molar-refractivity contribution >= 4 is 10.8 Å². The lowest BCUT2D eigenvalue weighted by atomic mass is 9.97. The molecule has 72 valence electrons. The minimum absolute atomic E-state index is 0.376. The first-order chi connectivity index (χ1) is 6.61. The molecule has 2 aromatic carbocycles. The van der Waals surface area contributed by atoms with Gasteiger partial charge in [0.05, 0.1) is 0 Å². The molecule has 0 aliphatic heterocycles. The minimum Gasteiger partial charge on any atom is -0.508 e. The molecular weight excluding hydrogens is 172 g/mol. The number of fused-ring (bicyclic) bond motifs is 1. The highest BCUT2D eigenvalue weighted by Gasteiger charge is 2.05. The van der Waals surface area contributed by atoms with E-state index in [0.29, 0.717) is 5.75 Å². The van der Waals surface area contributed by atoms with Crippen molar-refractivity contribution in [3.05, 3.63) is 41.0 Å². The van der Waals surface area contributed by atoms with Crippen molar-refractivity contribution in [3.8, 4) is 5.75 Å². The summed E-state index contributed by atoms with van der Waals surface area (Å²) in [6, 6.07) is 7.93. The standard InChI is InChI=1S/C13H14O/c1-8-4-5-12-10(3)13(14)7-6-11(12)9(8)2/h4-7,14H,1-3H3. The molecule has 0 bridgehead atoms. The molecule has 0 spiro atoms. The average molecular weight is 186 g/mol. The number of aromatic hydroxyl groups is 1. The largest absolute Gasteiger partial charge is 0.508 e. The van der Waals surface area contributed by atoms with Crippen molar-refractivity contribution in [1.29, 1.82) is 0 Å². The number of hydrogen-bond donors (Lipinski definition) is 1. The summed E-state index contributed by atoms with van der Waals surface area (Å²) >= 11 is 0. The van der Waals surface area contributed by atoms with Gasteiger partial charge >= 0.3 is 0 Å². The summed E-state index contributed by atoms with van der Waals surface area (Å²) in [5.41, 5.74) is 3.55. The number of aryl methyl sites for hydroxylation is 3. The first-order valence-electron chi connectivity index (χ1n) is 4.79. The minimum atomic E-state index is 0.376. The number of hydrogen-bond acceptors (Lipinski definition) is 1. The molecule has 0 amide bonds. The normalized spacial score (nSPS) is 10.8. The predicted octanol–water partition coefficient (Wildman–Crippen LogP) is 3.47. The van der Waals surface area contributed by atoms with E-state index in [1.807, 2.05) is 13.0 Å². The second kappa shape index (κ2) is 3.02. The second-order valence-electron chi connectivity index (χ2n) is 3.81. The maximum absolute atomic E-state index is 9.58. The Morgan fingerprint density at radius 3 is 2.07 bits per heavy atom. The van der Waals surface area contributed by atoms with E-state index in [1.165, 1.54) is 16.5 Å². The summed E-state index contributed by atoms with van der Waals surface area (Å²) in [6.07, 6.45) is 0. The van der Waals surface area contributed by atoms with Gasteiger partial charge in [0.2, 0.25) is 0 Å². The molecule has 1 nitrogen and oxygen atoms in total. The lowest BCUT2D eigenvalue weighted by molar-refractivity contribution is 0.472. The topological polar surface area (TPSA) is 20.2 Å². The number of rotatable bonds is 0. The van der Waals surface area contributed by atoms with Gasteiger partial charge in [-0.15, -0.1) is 0 Å². The molecule has 0 aromatic heterocycles. The summed E-state index contributed by atoms with van der Waals surface area (Å²) in [7, 11) is 0. The molecule has 0 atom stereocenters. The Morgan fingerprint density at radius 1 is 0.786 bits per heavy atom. The van der Waals surface area contributed by atoms with Gasteiger partial charge in [0.25, 0.3) is 0 Å². The van der Waals surface area contributed by atoms with Gasteiger partial charge in [0, 0.05) is 0 Å². The van der Waals surface area contributed by atoms with Crippen molar-refractivity contribution < 1.29 is 5.11 Å². The summed E-state index contributed by atoms with van der Waals surface area (Å²) in [4.78, 5) is 0. The van der Waals surface area contributed by atoms with Crippen LogP contribution in [-0.4, -0.2) is 5.11 Å². The molecule has 1 heteroatoms. The fourth-order valence-corrected chi connectivity index (χ4v) is 1.80. The number of phenolic OH excluding ortho intramolecular Hbond substituents is 1. The Bertz CT molecular complexity index is 451. The molecule has 0 heterocycles. The average Bonchev–Trinajstić information content (AvgIpc) is 2.17. The summed E-state index contributed by atoms with van der Waals surface area (Å²) in [5.74, 6) is 0.376. The second-order valence-corrected chi connectivity index (χ2v) is 3.81. The number of phenols is 1. The van der Waals surface area contributed by atoms with Crippen molar-refractivity contribution in [1.82, 2.24) is 0 Å². The van der Waals surface area contributed by atoms with Gasteiger partial charge < -0.3 is 5.11 Å². The summed E-state index contributed by atoms with van der Waals surface area (Å²) in [5, 5.41) is 12.0. The van der Waals surface area contributed by atoms with Gasteiger partial charge in [-0.3, -0.25) is 0 Å². The predicted molar refractivity (Wildman–Crippen MR) is 59.8 cm³/mol. The van der Waals surface area contributed by atoms with Crippen LogP contribution in [0.4, 0.5) is 0 Å². The Hall–Kier alpha value is -1.50. The van der Waals surface area contributed by atoms with Crippen LogP contribution in [0.15, 0.2) is 24.3 Å². The van der Waals surface area contributed by atoms with Crippen molar-refractivity contribution in [2.45, 2.75) is 20.8 Å². The van der Waals surface area contributed by atoms with Crippen LogP contribution in [-0.2, 0) is 0 Å². The zero-order chi connectivity index (χ0) is 10.3. The molecule has 0 fully saturated rings. The van der Waals surface area contributed by atoms with Crippen LogP contribution in [0.5, 0.6) is 5.75 Å². The molecule has 0 saturated carbocycles. The molecule has 2 aromatic rings. The van der Waals surface area contributed by atoms with Crippen molar-refractivity contribution in [3.63, 3.8) is 0 Å². The van der Waals surface area contributed by atoms with E-state index in [4.69, 9.17) is 0 Å². The molecule has 0 radical (unpaired) electrons. The molecule has 14 heavy (non-hydrogen) atoms. The Kier molecular flexibility index (Phi) is 1.95. The highest BCUT2D eigenvalue weighted by atomic mass is 16.3. The third-order valence-electron chi connectivity index (χ3n) is 2.98. The SMILES string of the molecule is Cc1ccc2c(C)c(O)ccc2c1C. The van der Waals surface area contributed by atoms with Crippen molar-refractivity contribution in [2.75, 3.05) is 0 Å². The molecule has 1 N–H and O–H groups in total. The fraction of sp³-hybridized carbons (Fsp3) is 0.231. The van der Waals surface area contributed by atoms with E-state index in [1.54, 1.807) is 6.07 Å².